The van der Waals surface area contributed by atoms with Crippen LogP contribution in [0.25, 0.3) is 0 Å². The molecule has 102 valence electrons. The summed E-state index contributed by atoms with van der Waals surface area (Å²) in [4.78, 5) is 13.5. The van der Waals surface area contributed by atoms with Gasteiger partial charge in [-0.25, -0.2) is 0 Å². The Kier molecular flexibility index (Phi) is 2.69. The Hall–Kier alpha value is -1.72. The number of carbonyl (C=O) groups is 1. The molecule has 0 spiro atoms. The first kappa shape index (κ1) is 12.3. The van der Waals surface area contributed by atoms with E-state index in [9.17, 15) is 18.0 Å². The average molecular weight is 270 g/mol. The monoisotopic (exact) mass is 270 g/mol. The molecule has 1 unspecified atom stereocenters. The normalized spacial score (nSPS) is 22.6. The second-order valence-electron chi connectivity index (χ2n) is 4.88. The number of benzene rings is 1. The van der Waals surface area contributed by atoms with Crippen LogP contribution in [-0.4, -0.2) is 25.0 Å². The van der Waals surface area contributed by atoms with Crippen LogP contribution in [0.15, 0.2) is 18.2 Å². The van der Waals surface area contributed by atoms with Crippen LogP contribution >= 0.6 is 0 Å². The SMILES string of the molecule is O=C1NCCN2c3cc(C(F)(F)F)ccc3CCC12. The summed E-state index contributed by atoms with van der Waals surface area (Å²) in [6.45, 7) is 1.04. The second-order valence-corrected chi connectivity index (χ2v) is 4.88. The van der Waals surface area contributed by atoms with Crippen molar-refractivity contribution in [2.75, 3.05) is 18.0 Å². The molecule has 1 aromatic carbocycles. The van der Waals surface area contributed by atoms with Crippen LogP contribution in [-0.2, 0) is 17.4 Å². The lowest BCUT2D eigenvalue weighted by Crippen LogP contribution is -2.57. The maximum Gasteiger partial charge on any atom is 0.416 e. The molecule has 0 aliphatic carbocycles. The molecule has 3 nitrogen and oxygen atoms in total. The summed E-state index contributed by atoms with van der Waals surface area (Å²) >= 11 is 0. The van der Waals surface area contributed by atoms with E-state index in [4.69, 9.17) is 0 Å². The van der Waals surface area contributed by atoms with Crippen LogP contribution in [0.2, 0.25) is 0 Å². The molecule has 1 atom stereocenters. The van der Waals surface area contributed by atoms with Crippen molar-refractivity contribution in [1.29, 1.82) is 0 Å². The van der Waals surface area contributed by atoms with Crippen molar-refractivity contribution < 1.29 is 18.0 Å². The number of nitrogens with zero attached hydrogens (tertiary/aromatic N) is 1. The standard InChI is InChI=1S/C13H13F3N2O/c14-13(15,16)9-3-1-8-2-4-10-12(19)17-5-6-18(10)11(8)7-9/h1,3,7,10H,2,4-6H2,(H,17,19). The van der Waals surface area contributed by atoms with Gasteiger partial charge in [-0.05, 0) is 30.5 Å². The molecule has 0 bridgehead atoms. The van der Waals surface area contributed by atoms with Crippen molar-refractivity contribution in [3.8, 4) is 0 Å². The van der Waals surface area contributed by atoms with Gasteiger partial charge in [-0.3, -0.25) is 4.79 Å². The Bertz CT molecular complexity index is 527. The largest absolute Gasteiger partial charge is 0.416 e. The first-order chi connectivity index (χ1) is 8.97. The highest BCUT2D eigenvalue weighted by Gasteiger charge is 2.37. The predicted molar refractivity (Wildman–Crippen MR) is 63.9 cm³/mol. The molecular formula is C13H13F3N2O. The first-order valence-corrected chi connectivity index (χ1v) is 6.21. The molecule has 2 heterocycles. The van der Waals surface area contributed by atoms with Gasteiger partial charge in [0.15, 0.2) is 0 Å². The van der Waals surface area contributed by atoms with Crippen molar-refractivity contribution in [3.05, 3.63) is 29.3 Å². The number of hydrogen-bond acceptors (Lipinski definition) is 2. The van der Waals surface area contributed by atoms with Gasteiger partial charge in [-0.2, -0.15) is 13.2 Å². The van der Waals surface area contributed by atoms with E-state index in [1.165, 1.54) is 12.1 Å². The lowest BCUT2D eigenvalue weighted by atomic mass is 9.92. The molecule has 2 aliphatic heterocycles. The minimum Gasteiger partial charge on any atom is -0.357 e. The molecule has 1 fully saturated rings. The summed E-state index contributed by atoms with van der Waals surface area (Å²) in [6.07, 6.45) is -3.05. The maximum atomic E-state index is 12.8. The summed E-state index contributed by atoms with van der Waals surface area (Å²) in [5.74, 6) is -0.0886. The van der Waals surface area contributed by atoms with Gasteiger partial charge < -0.3 is 10.2 Å². The van der Waals surface area contributed by atoms with Gasteiger partial charge in [0.2, 0.25) is 5.91 Å². The highest BCUT2D eigenvalue weighted by Crippen LogP contribution is 2.37. The van der Waals surface area contributed by atoms with Crippen molar-refractivity contribution in [2.45, 2.75) is 25.1 Å². The van der Waals surface area contributed by atoms with Crippen molar-refractivity contribution in [3.63, 3.8) is 0 Å². The van der Waals surface area contributed by atoms with Gasteiger partial charge in [0.1, 0.15) is 6.04 Å². The summed E-state index contributed by atoms with van der Waals surface area (Å²) in [5, 5.41) is 2.75. The Morgan fingerprint density at radius 2 is 2.11 bits per heavy atom. The highest BCUT2D eigenvalue weighted by molar-refractivity contribution is 5.87. The summed E-state index contributed by atoms with van der Waals surface area (Å²) in [7, 11) is 0. The third kappa shape index (κ3) is 2.05. The summed E-state index contributed by atoms with van der Waals surface area (Å²) in [5.41, 5.74) is 0.790. The maximum absolute atomic E-state index is 12.8. The van der Waals surface area contributed by atoms with Crippen LogP contribution in [0.4, 0.5) is 18.9 Å². The zero-order valence-corrected chi connectivity index (χ0v) is 10.1. The number of nitrogens with one attached hydrogen (secondary N) is 1. The molecule has 0 saturated carbocycles. The van der Waals surface area contributed by atoms with Crippen LogP contribution in [0.1, 0.15) is 17.5 Å². The van der Waals surface area contributed by atoms with E-state index in [0.717, 1.165) is 11.6 Å². The van der Waals surface area contributed by atoms with E-state index in [1.54, 1.807) is 4.90 Å². The molecule has 1 amide bonds. The van der Waals surface area contributed by atoms with E-state index < -0.39 is 11.7 Å². The third-order valence-electron chi connectivity index (χ3n) is 3.74. The number of aryl methyl sites for hydroxylation is 1. The second kappa shape index (κ2) is 4.15. The number of anilines is 1. The molecule has 0 radical (unpaired) electrons. The number of halogens is 3. The van der Waals surface area contributed by atoms with E-state index in [2.05, 4.69) is 5.32 Å². The van der Waals surface area contributed by atoms with Gasteiger partial charge in [-0.15, -0.1) is 0 Å². The molecule has 3 rings (SSSR count). The lowest BCUT2D eigenvalue weighted by molar-refractivity contribution is -0.137. The summed E-state index contributed by atoms with van der Waals surface area (Å²) < 4.78 is 38.3. The fraction of sp³-hybridized carbons (Fsp3) is 0.462. The zero-order valence-electron chi connectivity index (χ0n) is 10.1. The number of fused-ring (bicyclic) bond motifs is 3. The van der Waals surface area contributed by atoms with Gasteiger partial charge in [0.05, 0.1) is 5.56 Å². The Balaban J connectivity index is 2.03. The number of piperazine rings is 1. The highest BCUT2D eigenvalue weighted by atomic mass is 19.4. The third-order valence-corrected chi connectivity index (χ3v) is 3.74. The fourth-order valence-electron chi connectivity index (χ4n) is 2.80. The average Bonchev–Trinajstić information content (AvgIpc) is 2.37. The molecule has 1 saturated heterocycles. The van der Waals surface area contributed by atoms with E-state index in [-0.39, 0.29) is 11.9 Å². The number of hydrogen-bond donors (Lipinski definition) is 1. The van der Waals surface area contributed by atoms with Crippen LogP contribution in [0.3, 0.4) is 0 Å². The lowest BCUT2D eigenvalue weighted by Gasteiger charge is -2.41. The topological polar surface area (TPSA) is 32.3 Å². The van der Waals surface area contributed by atoms with Crippen LogP contribution in [0.5, 0.6) is 0 Å². The van der Waals surface area contributed by atoms with Crippen molar-refractivity contribution >= 4 is 11.6 Å². The number of rotatable bonds is 0. The van der Waals surface area contributed by atoms with Gasteiger partial charge in [-0.1, -0.05) is 6.07 Å². The van der Waals surface area contributed by atoms with Crippen LogP contribution in [0, 0.1) is 0 Å². The first-order valence-electron chi connectivity index (χ1n) is 6.21. The number of alkyl halides is 3. The zero-order chi connectivity index (χ0) is 13.6. The quantitative estimate of drug-likeness (QED) is 0.781. The van der Waals surface area contributed by atoms with Gasteiger partial charge in [0.25, 0.3) is 0 Å². The molecule has 19 heavy (non-hydrogen) atoms. The smallest absolute Gasteiger partial charge is 0.357 e. The molecule has 1 aromatic rings. The van der Waals surface area contributed by atoms with E-state index in [0.29, 0.717) is 31.6 Å². The molecule has 6 heteroatoms. The predicted octanol–water partition coefficient (Wildman–Crippen LogP) is 1.96. The van der Waals surface area contributed by atoms with Gasteiger partial charge >= 0.3 is 6.18 Å². The minimum atomic E-state index is -4.35. The molecule has 2 aliphatic rings. The molecule has 0 aromatic heterocycles. The Morgan fingerprint density at radius 3 is 2.84 bits per heavy atom. The minimum absolute atomic E-state index is 0.0886. The number of carbonyl (C=O) groups excluding carboxylic acids is 1. The summed E-state index contributed by atoms with van der Waals surface area (Å²) in [6, 6.07) is 3.48. The fourth-order valence-corrected chi connectivity index (χ4v) is 2.80. The Morgan fingerprint density at radius 1 is 1.32 bits per heavy atom. The van der Waals surface area contributed by atoms with Crippen LogP contribution < -0.4 is 10.2 Å². The van der Waals surface area contributed by atoms with Gasteiger partial charge in [0, 0.05) is 18.8 Å². The van der Waals surface area contributed by atoms with Crippen molar-refractivity contribution in [2.24, 2.45) is 0 Å². The van der Waals surface area contributed by atoms with E-state index >= 15 is 0 Å². The van der Waals surface area contributed by atoms with Crippen molar-refractivity contribution in [1.82, 2.24) is 5.32 Å². The van der Waals surface area contributed by atoms with E-state index in [1.807, 2.05) is 0 Å². The number of amides is 1. The molecular weight excluding hydrogens is 257 g/mol. The Labute approximate surface area is 108 Å². The molecule has 1 N–H and O–H groups in total.